The number of carbonyl (C=O) groups excluding carboxylic acids is 1. The predicted octanol–water partition coefficient (Wildman–Crippen LogP) is 2.41. The first-order valence-corrected chi connectivity index (χ1v) is 5.01. The van der Waals surface area contributed by atoms with E-state index in [0.29, 0.717) is 20.7 Å². The molecule has 78 valence electrons. The van der Waals surface area contributed by atoms with Gasteiger partial charge < -0.3 is 10.5 Å². The van der Waals surface area contributed by atoms with Gasteiger partial charge in [-0.05, 0) is 18.2 Å². The van der Waals surface area contributed by atoms with Crippen molar-refractivity contribution in [1.29, 1.82) is 0 Å². The van der Waals surface area contributed by atoms with Crippen LogP contribution in [0.2, 0.25) is 0 Å². The Morgan fingerprint density at radius 2 is 2.27 bits per heavy atom. The van der Waals surface area contributed by atoms with Crippen LogP contribution in [-0.4, -0.2) is 13.1 Å². The van der Waals surface area contributed by atoms with Gasteiger partial charge in [-0.3, -0.25) is 0 Å². The van der Waals surface area contributed by atoms with Crippen molar-refractivity contribution in [3.05, 3.63) is 28.9 Å². The Balaban J connectivity index is 2.69. The fourth-order valence-electron chi connectivity index (χ4n) is 1.33. The van der Waals surface area contributed by atoms with Gasteiger partial charge in [0.15, 0.2) is 0 Å². The van der Waals surface area contributed by atoms with Crippen molar-refractivity contribution < 1.29 is 13.9 Å². The van der Waals surface area contributed by atoms with Crippen molar-refractivity contribution in [2.75, 3.05) is 12.8 Å². The number of nitrogens with two attached hydrogens (primary N) is 1. The SMILES string of the molecule is COC(=O)c1sc2cc(F)ccc2c1N. The second kappa shape index (κ2) is 3.51. The Kier molecular flexibility index (Phi) is 2.32. The molecule has 1 aromatic carbocycles. The van der Waals surface area contributed by atoms with Crippen LogP contribution in [0.25, 0.3) is 10.1 Å². The zero-order chi connectivity index (χ0) is 11.0. The minimum absolute atomic E-state index is 0.318. The van der Waals surface area contributed by atoms with Crippen molar-refractivity contribution in [3.63, 3.8) is 0 Å². The third-order valence-corrected chi connectivity index (χ3v) is 3.21. The maximum Gasteiger partial charge on any atom is 0.350 e. The smallest absolute Gasteiger partial charge is 0.350 e. The van der Waals surface area contributed by atoms with Crippen LogP contribution in [0.3, 0.4) is 0 Å². The molecule has 15 heavy (non-hydrogen) atoms. The van der Waals surface area contributed by atoms with Crippen LogP contribution in [0.15, 0.2) is 18.2 Å². The van der Waals surface area contributed by atoms with Crippen LogP contribution in [0.4, 0.5) is 10.1 Å². The summed E-state index contributed by atoms with van der Waals surface area (Å²) in [5.41, 5.74) is 6.10. The zero-order valence-electron chi connectivity index (χ0n) is 7.91. The second-order valence-electron chi connectivity index (χ2n) is 2.98. The van der Waals surface area contributed by atoms with Gasteiger partial charge in [-0.15, -0.1) is 11.3 Å². The lowest BCUT2D eigenvalue weighted by Crippen LogP contribution is -2.01. The minimum atomic E-state index is -0.492. The first kappa shape index (κ1) is 9.92. The minimum Gasteiger partial charge on any atom is -0.465 e. The molecule has 0 atom stereocenters. The number of hydrogen-bond acceptors (Lipinski definition) is 4. The van der Waals surface area contributed by atoms with E-state index in [1.54, 1.807) is 6.07 Å². The quantitative estimate of drug-likeness (QED) is 0.758. The highest BCUT2D eigenvalue weighted by molar-refractivity contribution is 7.21. The summed E-state index contributed by atoms with van der Waals surface area (Å²) in [7, 11) is 1.28. The van der Waals surface area contributed by atoms with Crippen LogP contribution in [-0.2, 0) is 4.74 Å². The Labute approximate surface area is 89.3 Å². The van der Waals surface area contributed by atoms with Gasteiger partial charge in [-0.25, -0.2) is 9.18 Å². The molecule has 0 saturated heterocycles. The summed E-state index contributed by atoms with van der Waals surface area (Å²) < 4.78 is 18.1. The molecule has 5 heteroatoms. The van der Waals surface area contributed by atoms with E-state index >= 15 is 0 Å². The van der Waals surface area contributed by atoms with Crippen molar-refractivity contribution >= 4 is 33.1 Å². The van der Waals surface area contributed by atoms with Crippen molar-refractivity contribution in [3.8, 4) is 0 Å². The number of benzene rings is 1. The van der Waals surface area contributed by atoms with E-state index in [2.05, 4.69) is 4.74 Å². The van der Waals surface area contributed by atoms with Gasteiger partial charge in [0.2, 0.25) is 0 Å². The molecule has 1 aromatic heterocycles. The number of anilines is 1. The molecule has 0 amide bonds. The molecular formula is C10H8FNO2S. The summed E-state index contributed by atoms with van der Waals surface area (Å²) in [5.74, 6) is -0.839. The average molecular weight is 225 g/mol. The largest absolute Gasteiger partial charge is 0.465 e. The van der Waals surface area contributed by atoms with Crippen LogP contribution in [0, 0.1) is 5.82 Å². The predicted molar refractivity (Wildman–Crippen MR) is 57.5 cm³/mol. The molecule has 0 saturated carbocycles. The lowest BCUT2D eigenvalue weighted by Gasteiger charge is -1.95. The number of esters is 1. The first-order valence-electron chi connectivity index (χ1n) is 4.19. The lowest BCUT2D eigenvalue weighted by atomic mass is 10.2. The van der Waals surface area contributed by atoms with Gasteiger partial charge in [0.1, 0.15) is 10.7 Å². The summed E-state index contributed by atoms with van der Waals surface area (Å²) in [5, 5.41) is 0.682. The molecule has 2 N–H and O–H groups in total. The summed E-state index contributed by atoms with van der Waals surface area (Å²) in [4.78, 5) is 11.6. The van der Waals surface area contributed by atoms with E-state index in [0.717, 1.165) is 11.3 Å². The van der Waals surface area contributed by atoms with Gasteiger partial charge >= 0.3 is 5.97 Å². The molecule has 0 spiro atoms. The van der Waals surface area contributed by atoms with Crippen LogP contribution >= 0.6 is 11.3 Å². The average Bonchev–Trinajstić information content (AvgIpc) is 2.54. The van der Waals surface area contributed by atoms with Gasteiger partial charge in [-0.1, -0.05) is 0 Å². The molecule has 2 rings (SSSR count). The van der Waals surface area contributed by atoms with Gasteiger partial charge in [0.25, 0.3) is 0 Å². The van der Waals surface area contributed by atoms with Crippen molar-refractivity contribution in [2.24, 2.45) is 0 Å². The molecule has 0 aliphatic heterocycles. The molecule has 0 bridgehead atoms. The molecule has 2 aromatic rings. The number of hydrogen-bond donors (Lipinski definition) is 1. The lowest BCUT2D eigenvalue weighted by molar-refractivity contribution is 0.0607. The topological polar surface area (TPSA) is 52.3 Å². The van der Waals surface area contributed by atoms with E-state index in [9.17, 15) is 9.18 Å². The number of methoxy groups -OCH3 is 1. The standard InChI is InChI=1S/C10H8FNO2S/c1-14-10(13)9-8(12)6-3-2-5(11)4-7(6)15-9/h2-4H,12H2,1H3. The fraction of sp³-hybridized carbons (Fsp3) is 0.100. The second-order valence-corrected chi connectivity index (χ2v) is 4.03. The number of ether oxygens (including phenoxy) is 1. The van der Waals surface area contributed by atoms with Gasteiger partial charge in [-0.2, -0.15) is 0 Å². The van der Waals surface area contributed by atoms with E-state index in [4.69, 9.17) is 5.73 Å². The van der Waals surface area contributed by atoms with E-state index in [1.165, 1.54) is 19.2 Å². The van der Waals surface area contributed by atoms with E-state index in [1.807, 2.05) is 0 Å². The van der Waals surface area contributed by atoms with Gasteiger partial charge in [0.05, 0.1) is 12.8 Å². The van der Waals surface area contributed by atoms with Crippen LogP contribution in [0.1, 0.15) is 9.67 Å². The molecular weight excluding hydrogens is 217 g/mol. The summed E-state index contributed by atoms with van der Waals surface area (Å²) in [6.45, 7) is 0. The van der Waals surface area contributed by atoms with E-state index < -0.39 is 5.97 Å². The molecule has 0 fully saturated rings. The van der Waals surface area contributed by atoms with E-state index in [-0.39, 0.29) is 5.82 Å². The Hall–Kier alpha value is -1.62. The molecule has 0 aliphatic carbocycles. The van der Waals surface area contributed by atoms with Crippen LogP contribution < -0.4 is 5.73 Å². The maximum absolute atomic E-state index is 12.9. The zero-order valence-corrected chi connectivity index (χ0v) is 8.73. The van der Waals surface area contributed by atoms with Crippen molar-refractivity contribution in [2.45, 2.75) is 0 Å². The molecule has 1 heterocycles. The summed E-state index contributed by atoms with van der Waals surface area (Å²) in [6.07, 6.45) is 0. The molecule has 3 nitrogen and oxygen atoms in total. The number of thiophene rings is 1. The number of carbonyl (C=O) groups is 1. The summed E-state index contributed by atoms with van der Waals surface area (Å²) >= 11 is 1.13. The first-order chi connectivity index (χ1) is 7.13. The fourth-order valence-corrected chi connectivity index (χ4v) is 2.40. The molecule has 0 radical (unpaired) electrons. The molecule has 0 unspecified atom stereocenters. The third kappa shape index (κ3) is 1.55. The molecule has 0 aliphatic rings. The number of nitrogen functional groups attached to an aromatic ring is 1. The summed E-state index contributed by atoms with van der Waals surface area (Å²) in [6, 6.07) is 4.22. The number of rotatable bonds is 1. The Bertz CT molecular complexity index is 535. The normalized spacial score (nSPS) is 10.5. The Morgan fingerprint density at radius 1 is 1.53 bits per heavy atom. The number of halogens is 1. The van der Waals surface area contributed by atoms with Crippen LogP contribution in [0.5, 0.6) is 0 Å². The Morgan fingerprint density at radius 3 is 2.93 bits per heavy atom. The van der Waals surface area contributed by atoms with Gasteiger partial charge in [0, 0.05) is 10.1 Å². The third-order valence-electron chi connectivity index (χ3n) is 2.06. The number of fused-ring (bicyclic) bond motifs is 1. The highest BCUT2D eigenvalue weighted by Gasteiger charge is 2.16. The highest BCUT2D eigenvalue weighted by Crippen LogP contribution is 2.34. The maximum atomic E-state index is 12.9. The monoisotopic (exact) mass is 225 g/mol. The highest BCUT2D eigenvalue weighted by atomic mass is 32.1. The van der Waals surface area contributed by atoms with Crippen molar-refractivity contribution in [1.82, 2.24) is 0 Å².